The third-order valence-corrected chi connectivity index (χ3v) is 6.50. The molecule has 0 saturated heterocycles. The van der Waals surface area contributed by atoms with Crippen LogP contribution in [-0.2, 0) is 6.42 Å². The highest BCUT2D eigenvalue weighted by Crippen LogP contribution is 2.40. The maximum absolute atomic E-state index is 14.4. The summed E-state index contributed by atoms with van der Waals surface area (Å²) < 4.78 is 42.8. The van der Waals surface area contributed by atoms with Crippen molar-refractivity contribution in [3.05, 3.63) is 83.1 Å². The molecule has 0 bridgehead atoms. The fourth-order valence-corrected chi connectivity index (χ4v) is 4.81. The Morgan fingerprint density at radius 1 is 1.12 bits per heavy atom. The van der Waals surface area contributed by atoms with Gasteiger partial charge in [-0.1, -0.05) is 13.0 Å². The predicted octanol–water partition coefficient (Wildman–Crippen LogP) is 4.97. The molecule has 1 aliphatic rings. The number of carbonyl (C=O) groups is 1. The summed E-state index contributed by atoms with van der Waals surface area (Å²) in [5, 5.41) is 9.38. The van der Waals surface area contributed by atoms with Gasteiger partial charge in [0.05, 0.1) is 17.6 Å². The van der Waals surface area contributed by atoms with Gasteiger partial charge in [0.1, 0.15) is 28.8 Å². The molecule has 0 spiro atoms. The number of nitriles is 1. The molecule has 0 radical (unpaired) electrons. The normalized spacial score (nSPS) is 22.2. The molecule has 3 aromatic rings. The second-order valence-corrected chi connectivity index (χ2v) is 8.76. The lowest BCUT2D eigenvalue weighted by Gasteiger charge is -2.36. The Morgan fingerprint density at radius 2 is 1.85 bits per heavy atom. The second-order valence-electron chi connectivity index (χ2n) is 8.76. The summed E-state index contributed by atoms with van der Waals surface area (Å²) >= 11 is 0. The summed E-state index contributed by atoms with van der Waals surface area (Å²) in [5.74, 6) is -3.36. The van der Waals surface area contributed by atoms with Crippen LogP contribution in [0.4, 0.5) is 13.2 Å². The number of rotatable bonds is 5. The smallest absolute Gasteiger partial charge is 0.185 e. The van der Waals surface area contributed by atoms with Crippen molar-refractivity contribution in [3.8, 4) is 17.3 Å². The minimum Gasteiger partial charge on any atom is -0.326 e. The maximum Gasteiger partial charge on any atom is 0.185 e. The molecule has 174 valence electrons. The summed E-state index contributed by atoms with van der Waals surface area (Å²) in [6.45, 7) is 2.00. The van der Waals surface area contributed by atoms with Crippen LogP contribution in [0.15, 0.2) is 48.8 Å². The van der Waals surface area contributed by atoms with Gasteiger partial charge in [0.15, 0.2) is 5.78 Å². The van der Waals surface area contributed by atoms with Gasteiger partial charge in [-0.05, 0) is 66.1 Å². The quantitative estimate of drug-likeness (QED) is 0.539. The number of carbonyl (C=O) groups excluding carboxylic acids is 1. The van der Waals surface area contributed by atoms with Gasteiger partial charge < -0.3 is 5.73 Å². The van der Waals surface area contributed by atoms with Gasteiger partial charge in [0.25, 0.3) is 0 Å². The summed E-state index contributed by atoms with van der Waals surface area (Å²) in [6, 6.07) is 9.22. The van der Waals surface area contributed by atoms with Gasteiger partial charge in [-0.15, -0.1) is 0 Å². The number of hydrogen-bond donors (Lipinski definition) is 1. The van der Waals surface area contributed by atoms with E-state index in [1.54, 1.807) is 12.4 Å². The van der Waals surface area contributed by atoms with Crippen LogP contribution >= 0.6 is 0 Å². The van der Waals surface area contributed by atoms with Crippen molar-refractivity contribution >= 4 is 5.78 Å². The molecule has 2 N–H and O–H groups in total. The molecule has 5 nitrogen and oxygen atoms in total. The predicted molar refractivity (Wildman–Crippen MR) is 120 cm³/mol. The van der Waals surface area contributed by atoms with Crippen molar-refractivity contribution in [2.75, 3.05) is 0 Å². The van der Waals surface area contributed by atoms with E-state index in [0.717, 1.165) is 30.2 Å². The third-order valence-electron chi connectivity index (χ3n) is 6.50. The topological polar surface area (TPSA) is 92.7 Å². The van der Waals surface area contributed by atoms with Crippen LogP contribution in [0.3, 0.4) is 0 Å². The molecule has 8 heteroatoms. The SMILES string of the molecule is C[C@H]1C[C@@H](c2ccncc2CC(=O)c2ccc(F)c(-c3c(F)cccc3F)n2)C[C@@H](N)[C@H]1C#N. The number of nitrogens with zero attached hydrogens (tertiary/aromatic N) is 3. The van der Waals surface area contributed by atoms with Crippen LogP contribution in [0.25, 0.3) is 11.3 Å². The number of pyridine rings is 2. The standard InChI is InChI=1S/C26H23F3N4O/c1-14-9-15(10-22(31)18(14)12-30)17-7-8-32-13-16(17)11-24(34)23-6-5-21(29)26(33-23)25-19(27)3-2-4-20(25)28/h2-8,13-15,18,22H,9-11,31H2,1H3/t14-,15+,18-,22+/m0/s1. The van der Waals surface area contributed by atoms with Crippen LogP contribution in [0, 0.1) is 40.6 Å². The average Bonchev–Trinajstić information content (AvgIpc) is 2.80. The van der Waals surface area contributed by atoms with E-state index in [0.29, 0.717) is 12.0 Å². The fourth-order valence-electron chi connectivity index (χ4n) is 4.81. The van der Waals surface area contributed by atoms with Gasteiger partial charge in [-0.3, -0.25) is 9.78 Å². The molecule has 0 unspecified atom stereocenters. The number of benzene rings is 1. The molecule has 4 atom stereocenters. The molecule has 2 aromatic heterocycles. The van der Waals surface area contributed by atoms with E-state index in [9.17, 15) is 23.2 Å². The highest BCUT2D eigenvalue weighted by Gasteiger charge is 2.35. The fraction of sp³-hybridized carbons (Fsp3) is 0.308. The Morgan fingerprint density at radius 3 is 2.53 bits per heavy atom. The third kappa shape index (κ3) is 4.57. The molecular weight excluding hydrogens is 441 g/mol. The zero-order valence-corrected chi connectivity index (χ0v) is 18.5. The first-order valence-electron chi connectivity index (χ1n) is 11.0. The van der Waals surface area contributed by atoms with E-state index in [1.807, 2.05) is 13.0 Å². The molecule has 0 aliphatic heterocycles. The van der Waals surface area contributed by atoms with Crippen molar-refractivity contribution in [2.45, 2.75) is 38.1 Å². The maximum atomic E-state index is 14.4. The number of hydrogen-bond acceptors (Lipinski definition) is 5. The molecule has 1 aromatic carbocycles. The Hall–Kier alpha value is -3.57. The number of nitrogens with two attached hydrogens (primary N) is 1. The lowest BCUT2D eigenvalue weighted by Crippen LogP contribution is -2.40. The van der Waals surface area contributed by atoms with Gasteiger partial charge >= 0.3 is 0 Å². The second kappa shape index (κ2) is 9.74. The van der Waals surface area contributed by atoms with Crippen LogP contribution in [0.2, 0.25) is 0 Å². The first-order valence-corrected chi connectivity index (χ1v) is 11.0. The van der Waals surface area contributed by atoms with Crippen molar-refractivity contribution in [1.82, 2.24) is 9.97 Å². The van der Waals surface area contributed by atoms with Gasteiger partial charge in [-0.2, -0.15) is 5.26 Å². The Balaban J connectivity index is 1.62. The highest BCUT2D eigenvalue weighted by atomic mass is 19.1. The molecule has 1 fully saturated rings. The molecule has 2 heterocycles. The number of ketones is 1. The van der Waals surface area contributed by atoms with Crippen molar-refractivity contribution in [3.63, 3.8) is 0 Å². The largest absolute Gasteiger partial charge is 0.326 e. The first-order chi connectivity index (χ1) is 16.3. The number of halogens is 3. The van der Waals surface area contributed by atoms with Crippen molar-refractivity contribution in [2.24, 2.45) is 17.6 Å². The lowest BCUT2D eigenvalue weighted by molar-refractivity contribution is 0.0987. The minimum atomic E-state index is -0.969. The molecule has 34 heavy (non-hydrogen) atoms. The molecule has 1 aliphatic carbocycles. The Bertz CT molecular complexity index is 1240. The van der Waals surface area contributed by atoms with E-state index < -0.39 is 34.5 Å². The average molecular weight is 464 g/mol. The first kappa shape index (κ1) is 23.6. The monoisotopic (exact) mass is 464 g/mol. The van der Waals surface area contributed by atoms with E-state index in [1.165, 1.54) is 12.1 Å². The molecule has 1 saturated carbocycles. The zero-order chi connectivity index (χ0) is 24.4. The molecular formula is C26H23F3N4O. The van der Waals surface area contributed by atoms with Crippen molar-refractivity contribution < 1.29 is 18.0 Å². The van der Waals surface area contributed by atoms with E-state index >= 15 is 0 Å². The van der Waals surface area contributed by atoms with Crippen LogP contribution in [0.5, 0.6) is 0 Å². The van der Waals surface area contributed by atoms with Crippen LogP contribution in [0.1, 0.15) is 47.3 Å². The number of Topliss-reactive ketones (excluding diaryl/α,β-unsaturated/α-hetero) is 1. The number of aromatic nitrogens is 2. The van der Waals surface area contributed by atoms with Gasteiger partial charge in [0.2, 0.25) is 0 Å². The van der Waals surface area contributed by atoms with Crippen LogP contribution in [-0.4, -0.2) is 21.8 Å². The minimum absolute atomic E-state index is 0.0599. The van der Waals surface area contributed by atoms with Crippen LogP contribution < -0.4 is 5.73 Å². The molecule has 4 rings (SSSR count). The zero-order valence-electron chi connectivity index (χ0n) is 18.5. The molecule has 0 amide bonds. The van der Waals surface area contributed by atoms with E-state index in [4.69, 9.17) is 5.73 Å². The van der Waals surface area contributed by atoms with Gasteiger partial charge in [0, 0.05) is 24.9 Å². The summed E-state index contributed by atoms with van der Waals surface area (Å²) in [7, 11) is 0. The van der Waals surface area contributed by atoms with E-state index in [2.05, 4.69) is 16.0 Å². The summed E-state index contributed by atoms with van der Waals surface area (Å²) in [4.78, 5) is 21.2. The van der Waals surface area contributed by atoms with E-state index in [-0.39, 0.29) is 35.9 Å². The Kier molecular flexibility index (Phi) is 6.75. The van der Waals surface area contributed by atoms with Gasteiger partial charge in [-0.25, -0.2) is 18.2 Å². The summed E-state index contributed by atoms with van der Waals surface area (Å²) in [6.07, 6.45) is 4.54. The van der Waals surface area contributed by atoms with Crippen molar-refractivity contribution in [1.29, 1.82) is 5.26 Å². The highest BCUT2D eigenvalue weighted by molar-refractivity contribution is 5.96. The Labute approximate surface area is 195 Å². The lowest BCUT2D eigenvalue weighted by atomic mass is 9.70. The summed E-state index contributed by atoms with van der Waals surface area (Å²) in [5.41, 5.74) is 6.57.